The first-order chi connectivity index (χ1) is 12.3. The predicted molar refractivity (Wildman–Crippen MR) is 97.7 cm³/mol. The fourth-order valence-corrected chi connectivity index (χ4v) is 5.18. The summed E-state index contributed by atoms with van der Waals surface area (Å²) in [5.41, 5.74) is 2.41. The van der Waals surface area contributed by atoms with Gasteiger partial charge in [0.25, 0.3) is 0 Å². The topological polar surface area (TPSA) is 107 Å². The third-order valence-corrected chi connectivity index (χ3v) is 6.90. The normalized spacial score (nSPS) is 22.0. The van der Waals surface area contributed by atoms with Crippen LogP contribution in [-0.2, 0) is 19.5 Å². The van der Waals surface area contributed by atoms with E-state index in [9.17, 15) is 8.42 Å². The minimum absolute atomic E-state index is 0.0105. The van der Waals surface area contributed by atoms with Gasteiger partial charge >= 0.3 is 0 Å². The predicted octanol–water partition coefficient (Wildman–Crippen LogP) is 1.70. The lowest BCUT2D eigenvalue weighted by Crippen LogP contribution is -2.47. The van der Waals surface area contributed by atoms with Crippen LogP contribution in [0.2, 0.25) is 0 Å². The van der Waals surface area contributed by atoms with Crippen molar-refractivity contribution in [3.8, 4) is 0 Å². The van der Waals surface area contributed by atoms with Crippen molar-refractivity contribution in [3.63, 3.8) is 0 Å². The zero-order chi connectivity index (χ0) is 18.8. The molecule has 0 unspecified atom stereocenters. The van der Waals surface area contributed by atoms with E-state index in [1.165, 1.54) is 12.3 Å². The summed E-state index contributed by atoms with van der Waals surface area (Å²) >= 11 is 0. The Kier molecular flexibility index (Phi) is 5.83. The van der Waals surface area contributed by atoms with E-state index in [1.807, 2.05) is 13.8 Å². The van der Waals surface area contributed by atoms with Crippen LogP contribution < -0.4 is 11.3 Å². The highest BCUT2D eigenvalue weighted by molar-refractivity contribution is 7.89. The number of pyridine rings is 1. The van der Waals surface area contributed by atoms with E-state index in [0.717, 1.165) is 25.7 Å². The maximum atomic E-state index is 13.3. The lowest BCUT2D eigenvalue weighted by atomic mass is 10.1. The number of hydrazine groups is 1. The molecule has 2 fully saturated rings. The van der Waals surface area contributed by atoms with Crippen molar-refractivity contribution in [3.05, 3.63) is 18.3 Å². The molecule has 1 aromatic heterocycles. The summed E-state index contributed by atoms with van der Waals surface area (Å²) in [6.07, 6.45) is 5.22. The van der Waals surface area contributed by atoms with Gasteiger partial charge in [0.05, 0.1) is 13.2 Å². The average molecular weight is 385 g/mol. The van der Waals surface area contributed by atoms with Gasteiger partial charge in [-0.15, -0.1) is 0 Å². The number of hydrogen-bond acceptors (Lipinski definition) is 7. The number of hydrogen-bond donors (Lipinski definition) is 2. The molecule has 1 aromatic rings. The summed E-state index contributed by atoms with van der Waals surface area (Å²) < 4.78 is 39.6. The minimum atomic E-state index is -3.65. The Labute approximate surface area is 155 Å². The fraction of sp³-hybridized carbons (Fsp3) is 0.706. The molecule has 3 rings (SSSR count). The van der Waals surface area contributed by atoms with Crippen molar-refractivity contribution < 1.29 is 17.9 Å². The second-order valence-electron chi connectivity index (χ2n) is 7.42. The van der Waals surface area contributed by atoms with Gasteiger partial charge in [-0.1, -0.05) is 12.8 Å². The summed E-state index contributed by atoms with van der Waals surface area (Å²) in [5, 5.41) is 0. The van der Waals surface area contributed by atoms with E-state index in [0.29, 0.717) is 25.6 Å². The lowest BCUT2D eigenvalue weighted by molar-refractivity contribution is -0.262. The SMILES string of the molecule is CC1(C)OCC(CN(C2CCCC2)S(=O)(=O)c2ccc(NN)nc2)CO1. The number of nitrogens with two attached hydrogens (primary N) is 1. The standard InChI is InChI=1S/C17H28N4O4S/c1-17(2)24-11-13(12-25-17)10-21(14-5-3-4-6-14)26(22,23)15-7-8-16(20-18)19-9-15/h7-9,13-14H,3-6,10-12,18H2,1-2H3,(H,19,20). The Morgan fingerprint density at radius 2 is 1.92 bits per heavy atom. The number of nitrogens with one attached hydrogen (secondary N) is 1. The van der Waals surface area contributed by atoms with Crippen molar-refractivity contribution in [2.24, 2.45) is 11.8 Å². The zero-order valence-electron chi connectivity index (χ0n) is 15.3. The molecule has 1 aliphatic carbocycles. The molecule has 8 nitrogen and oxygen atoms in total. The highest BCUT2D eigenvalue weighted by Crippen LogP contribution is 2.31. The average Bonchev–Trinajstić information content (AvgIpc) is 3.15. The van der Waals surface area contributed by atoms with Crippen LogP contribution in [0.1, 0.15) is 39.5 Å². The van der Waals surface area contributed by atoms with Crippen molar-refractivity contribution >= 4 is 15.8 Å². The summed E-state index contributed by atoms with van der Waals surface area (Å²) in [5.74, 6) is 5.14. The van der Waals surface area contributed by atoms with Crippen LogP contribution in [0.15, 0.2) is 23.2 Å². The zero-order valence-corrected chi connectivity index (χ0v) is 16.2. The number of nitrogen functional groups attached to an aromatic ring is 1. The number of anilines is 1. The van der Waals surface area contributed by atoms with Crippen LogP contribution in [0.5, 0.6) is 0 Å². The van der Waals surface area contributed by atoms with Gasteiger partial charge in [-0.25, -0.2) is 19.2 Å². The van der Waals surface area contributed by atoms with E-state index >= 15 is 0 Å². The Bertz CT molecular complexity index is 692. The molecule has 0 aromatic carbocycles. The molecule has 2 aliphatic rings. The molecule has 0 amide bonds. The van der Waals surface area contributed by atoms with E-state index in [-0.39, 0.29) is 16.9 Å². The summed E-state index contributed by atoms with van der Waals surface area (Å²) in [6.45, 7) is 5.10. The molecule has 1 aliphatic heterocycles. The van der Waals surface area contributed by atoms with Crippen LogP contribution in [-0.4, -0.2) is 49.3 Å². The Morgan fingerprint density at radius 3 is 2.46 bits per heavy atom. The minimum Gasteiger partial charge on any atom is -0.350 e. The Balaban J connectivity index is 1.80. The Morgan fingerprint density at radius 1 is 1.27 bits per heavy atom. The van der Waals surface area contributed by atoms with Crippen LogP contribution in [0.3, 0.4) is 0 Å². The quantitative estimate of drug-likeness (QED) is 0.568. The molecule has 0 spiro atoms. The van der Waals surface area contributed by atoms with E-state index in [2.05, 4.69) is 10.4 Å². The monoisotopic (exact) mass is 384 g/mol. The molecule has 0 bridgehead atoms. The van der Waals surface area contributed by atoms with Crippen molar-refractivity contribution in [1.82, 2.24) is 9.29 Å². The summed E-state index contributed by atoms with van der Waals surface area (Å²) in [4.78, 5) is 4.23. The second-order valence-corrected chi connectivity index (χ2v) is 9.31. The van der Waals surface area contributed by atoms with Gasteiger partial charge in [-0.3, -0.25) is 0 Å². The smallest absolute Gasteiger partial charge is 0.244 e. The van der Waals surface area contributed by atoms with E-state index in [1.54, 1.807) is 10.4 Å². The van der Waals surface area contributed by atoms with Gasteiger partial charge in [-0.05, 0) is 38.8 Å². The molecule has 0 atom stereocenters. The van der Waals surface area contributed by atoms with E-state index < -0.39 is 15.8 Å². The van der Waals surface area contributed by atoms with Gasteiger partial charge in [-0.2, -0.15) is 4.31 Å². The van der Waals surface area contributed by atoms with Crippen LogP contribution >= 0.6 is 0 Å². The van der Waals surface area contributed by atoms with Gasteiger partial charge < -0.3 is 14.9 Å². The third kappa shape index (κ3) is 4.34. The molecular weight excluding hydrogens is 356 g/mol. The third-order valence-electron chi connectivity index (χ3n) is 4.99. The molecule has 3 N–H and O–H groups in total. The largest absolute Gasteiger partial charge is 0.350 e. The Hall–Kier alpha value is -1.26. The van der Waals surface area contributed by atoms with Gasteiger partial charge in [0.2, 0.25) is 10.0 Å². The number of aromatic nitrogens is 1. The van der Waals surface area contributed by atoms with Crippen LogP contribution in [0.25, 0.3) is 0 Å². The highest BCUT2D eigenvalue weighted by atomic mass is 32.2. The number of rotatable bonds is 6. The summed E-state index contributed by atoms with van der Waals surface area (Å²) in [7, 11) is -3.65. The first-order valence-corrected chi connectivity index (χ1v) is 10.5. The second kappa shape index (κ2) is 7.77. The maximum Gasteiger partial charge on any atom is 0.244 e. The first kappa shape index (κ1) is 19.5. The van der Waals surface area contributed by atoms with Crippen LogP contribution in [0.4, 0.5) is 5.82 Å². The number of nitrogens with zero attached hydrogens (tertiary/aromatic N) is 2. The molecule has 2 heterocycles. The van der Waals surface area contributed by atoms with E-state index in [4.69, 9.17) is 15.3 Å². The molecular formula is C17H28N4O4S. The fourth-order valence-electron chi connectivity index (χ4n) is 3.48. The maximum absolute atomic E-state index is 13.3. The van der Waals surface area contributed by atoms with Crippen molar-refractivity contribution in [1.29, 1.82) is 0 Å². The first-order valence-electron chi connectivity index (χ1n) is 9.04. The van der Waals surface area contributed by atoms with Gasteiger partial charge in [0.1, 0.15) is 10.7 Å². The molecule has 9 heteroatoms. The van der Waals surface area contributed by atoms with Crippen molar-refractivity contribution in [2.45, 2.75) is 56.3 Å². The number of sulfonamides is 1. The van der Waals surface area contributed by atoms with Gasteiger partial charge in [0, 0.05) is 24.7 Å². The molecule has 26 heavy (non-hydrogen) atoms. The molecule has 1 saturated heterocycles. The van der Waals surface area contributed by atoms with Crippen LogP contribution in [0, 0.1) is 5.92 Å². The number of ether oxygens (including phenoxy) is 2. The molecule has 1 saturated carbocycles. The molecule has 146 valence electrons. The molecule has 0 radical (unpaired) electrons. The highest BCUT2D eigenvalue weighted by Gasteiger charge is 2.37. The van der Waals surface area contributed by atoms with Gasteiger partial charge in [0.15, 0.2) is 5.79 Å². The lowest BCUT2D eigenvalue weighted by Gasteiger charge is -2.38. The summed E-state index contributed by atoms with van der Waals surface area (Å²) in [6, 6.07) is 3.12. The van der Waals surface area contributed by atoms with Crippen molar-refractivity contribution in [2.75, 3.05) is 25.2 Å².